The van der Waals surface area contributed by atoms with Crippen LogP contribution < -0.4 is 15.0 Å². The van der Waals surface area contributed by atoms with Gasteiger partial charge in [0.15, 0.2) is 0 Å². The summed E-state index contributed by atoms with van der Waals surface area (Å²) in [7, 11) is 1.26. The van der Waals surface area contributed by atoms with Crippen LogP contribution in [0, 0.1) is 13.8 Å². The number of benzene rings is 3. The van der Waals surface area contributed by atoms with Gasteiger partial charge in [0.25, 0.3) is 11.8 Å². The molecule has 1 aliphatic heterocycles. The van der Waals surface area contributed by atoms with Gasteiger partial charge in [-0.25, -0.2) is 14.5 Å². The summed E-state index contributed by atoms with van der Waals surface area (Å²) in [5, 5.41) is 2.21. The summed E-state index contributed by atoms with van der Waals surface area (Å²) in [5.74, 6) is -1.47. The number of rotatable bonds is 7. The van der Waals surface area contributed by atoms with E-state index < -0.39 is 23.8 Å². The first-order chi connectivity index (χ1) is 18.2. The monoisotopic (exact) mass is 512 g/mol. The molecule has 1 saturated heterocycles. The van der Waals surface area contributed by atoms with E-state index in [9.17, 15) is 19.2 Å². The first kappa shape index (κ1) is 26.3. The molecule has 38 heavy (non-hydrogen) atoms. The molecule has 0 unspecified atom stereocenters. The molecule has 4 amide bonds. The summed E-state index contributed by atoms with van der Waals surface area (Å²) in [6.07, 6.45) is 2.10. The highest BCUT2D eigenvalue weighted by Gasteiger charge is 2.36. The minimum Gasteiger partial charge on any atom is -0.494 e. The van der Waals surface area contributed by atoms with Crippen LogP contribution in [0.25, 0.3) is 6.08 Å². The highest BCUT2D eigenvalue weighted by atomic mass is 16.5. The zero-order valence-electron chi connectivity index (χ0n) is 21.7. The van der Waals surface area contributed by atoms with E-state index in [4.69, 9.17) is 4.74 Å². The molecule has 194 valence electrons. The van der Waals surface area contributed by atoms with Crippen LogP contribution in [-0.4, -0.2) is 37.5 Å². The summed E-state index contributed by atoms with van der Waals surface area (Å²) in [6, 6.07) is 16.8. The molecule has 4 rings (SSSR count). The molecule has 1 aliphatic rings. The number of nitrogens with one attached hydrogen (secondary N) is 1. The maximum absolute atomic E-state index is 13.3. The molecule has 8 heteroatoms. The van der Waals surface area contributed by atoms with E-state index in [1.807, 2.05) is 13.0 Å². The van der Waals surface area contributed by atoms with E-state index in [1.54, 1.807) is 12.1 Å². The van der Waals surface area contributed by atoms with Gasteiger partial charge in [0.2, 0.25) is 0 Å². The van der Waals surface area contributed by atoms with Crippen molar-refractivity contribution in [3.05, 3.63) is 99.6 Å². The summed E-state index contributed by atoms with van der Waals surface area (Å²) in [6.45, 7) is 6.45. The predicted molar refractivity (Wildman–Crippen MR) is 143 cm³/mol. The Hall–Kier alpha value is -4.72. The number of aryl methyl sites for hydroxylation is 2. The number of anilines is 1. The Morgan fingerprint density at radius 2 is 1.63 bits per heavy atom. The zero-order chi connectivity index (χ0) is 27.4. The van der Waals surface area contributed by atoms with Crippen LogP contribution in [0.15, 0.2) is 66.2 Å². The summed E-state index contributed by atoms with van der Waals surface area (Å²) < 4.78 is 10.6. The lowest BCUT2D eigenvalue weighted by molar-refractivity contribution is -0.122. The Labute approximate surface area is 220 Å². The highest BCUT2D eigenvalue weighted by molar-refractivity contribution is 6.39. The van der Waals surface area contributed by atoms with Gasteiger partial charge in [0.05, 0.1) is 25.0 Å². The van der Waals surface area contributed by atoms with Crippen molar-refractivity contribution in [3.8, 4) is 5.75 Å². The number of amides is 4. The Morgan fingerprint density at radius 1 is 0.947 bits per heavy atom. The number of nitrogens with zero attached hydrogens (tertiary/aromatic N) is 1. The van der Waals surface area contributed by atoms with Crippen molar-refractivity contribution in [2.45, 2.75) is 27.2 Å². The number of imide groups is 2. The molecule has 3 aromatic rings. The second-order valence-corrected chi connectivity index (χ2v) is 8.97. The quantitative estimate of drug-likeness (QED) is 0.279. The van der Waals surface area contributed by atoms with Crippen LogP contribution in [0.4, 0.5) is 10.5 Å². The van der Waals surface area contributed by atoms with Crippen LogP contribution >= 0.6 is 0 Å². The Bertz CT molecular complexity index is 1440. The van der Waals surface area contributed by atoms with Gasteiger partial charge in [-0.2, -0.15) is 0 Å². The van der Waals surface area contributed by atoms with E-state index in [0.29, 0.717) is 24.3 Å². The van der Waals surface area contributed by atoms with Crippen molar-refractivity contribution in [1.29, 1.82) is 0 Å². The van der Waals surface area contributed by atoms with Crippen LogP contribution in [0.5, 0.6) is 5.75 Å². The number of esters is 1. The maximum atomic E-state index is 13.3. The largest absolute Gasteiger partial charge is 0.494 e. The van der Waals surface area contributed by atoms with Crippen molar-refractivity contribution in [2.75, 3.05) is 18.6 Å². The van der Waals surface area contributed by atoms with E-state index in [2.05, 4.69) is 42.1 Å². The Morgan fingerprint density at radius 3 is 2.26 bits per heavy atom. The van der Waals surface area contributed by atoms with Gasteiger partial charge in [0, 0.05) is 6.42 Å². The van der Waals surface area contributed by atoms with Crippen LogP contribution in [0.3, 0.4) is 0 Å². The molecule has 0 saturated carbocycles. The topological polar surface area (TPSA) is 102 Å². The molecule has 0 atom stereocenters. The van der Waals surface area contributed by atoms with E-state index in [-0.39, 0.29) is 16.8 Å². The van der Waals surface area contributed by atoms with Crippen molar-refractivity contribution in [1.82, 2.24) is 5.32 Å². The Kier molecular flexibility index (Phi) is 7.71. The first-order valence-electron chi connectivity index (χ1n) is 12.1. The van der Waals surface area contributed by atoms with Gasteiger partial charge in [-0.15, -0.1) is 0 Å². The summed E-state index contributed by atoms with van der Waals surface area (Å²) in [4.78, 5) is 51.0. The second-order valence-electron chi connectivity index (χ2n) is 8.97. The molecule has 0 aliphatic carbocycles. The molecule has 0 spiro atoms. The molecule has 3 aromatic carbocycles. The molecule has 1 N–H and O–H groups in total. The summed E-state index contributed by atoms with van der Waals surface area (Å²) in [5.41, 5.74) is 5.33. The number of barbiturate groups is 1. The average Bonchev–Trinajstić information content (AvgIpc) is 2.87. The maximum Gasteiger partial charge on any atom is 0.337 e. The molecule has 0 bridgehead atoms. The Balaban J connectivity index is 1.65. The van der Waals surface area contributed by atoms with Gasteiger partial charge in [-0.05, 0) is 73.9 Å². The number of hydrogen-bond donors (Lipinski definition) is 1. The van der Waals surface area contributed by atoms with Crippen molar-refractivity contribution in [2.24, 2.45) is 0 Å². The second kappa shape index (κ2) is 11.1. The fourth-order valence-corrected chi connectivity index (χ4v) is 4.41. The third-order valence-corrected chi connectivity index (χ3v) is 6.03. The number of carbonyl (C=O) groups is 4. The molecular formula is C30H28N2O6. The molecule has 8 nitrogen and oxygen atoms in total. The molecule has 1 fully saturated rings. The standard InChI is InChI=1S/C30H28N2O6/c1-5-38-26-17-20(6-7-23(26)15-21-13-18(2)12-19(3)14-21)16-25-27(33)31-30(36)32(28(25)34)24-10-8-22(9-11-24)29(35)37-4/h6-14,16-17H,5,15H2,1-4H3,(H,31,33,36)/b25-16+. The number of ether oxygens (including phenoxy) is 2. The van der Waals surface area contributed by atoms with Gasteiger partial charge >= 0.3 is 12.0 Å². The van der Waals surface area contributed by atoms with Crippen LogP contribution in [0.2, 0.25) is 0 Å². The number of hydrogen-bond acceptors (Lipinski definition) is 6. The highest BCUT2D eigenvalue weighted by Crippen LogP contribution is 2.27. The number of urea groups is 1. The van der Waals surface area contributed by atoms with Crippen molar-refractivity contribution < 1.29 is 28.7 Å². The van der Waals surface area contributed by atoms with Gasteiger partial charge in [-0.1, -0.05) is 41.5 Å². The lowest BCUT2D eigenvalue weighted by atomic mass is 9.98. The number of carbonyl (C=O) groups excluding carboxylic acids is 4. The molecular weight excluding hydrogens is 484 g/mol. The van der Waals surface area contributed by atoms with Gasteiger partial charge in [0.1, 0.15) is 11.3 Å². The fourth-order valence-electron chi connectivity index (χ4n) is 4.41. The fraction of sp³-hybridized carbons (Fsp3) is 0.200. The van der Waals surface area contributed by atoms with Gasteiger partial charge < -0.3 is 9.47 Å². The van der Waals surface area contributed by atoms with E-state index >= 15 is 0 Å². The average molecular weight is 513 g/mol. The third-order valence-electron chi connectivity index (χ3n) is 6.03. The smallest absolute Gasteiger partial charge is 0.337 e. The lowest BCUT2D eigenvalue weighted by Crippen LogP contribution is -2.54. The SMILES string of the molecule is CCOc1cc(/C=C2\C(=O)NC(=O)N(c3ccc(C(=O)OC)cc3)C2=O)ccc1Cc1cc(C)cc(C)c1. The minimum atomic E-state index is -0.873. The normalized spacial score (nSPS) is 14.5. The molecule has 1 heterocycles. The number of methoxy groups -OCH3 is 1. The first-order valence-corrected chi connectivity index (χ1v) is 12.1. The zero-order valence-corrected chi connectivity index (χ0v) is 21.7. The summed E-state index contributed by atoms with van der Waals surface area (Å²) >= 11 is 0. The minimum absolute atomic E-state index is 0.203. The van der Waals surface area contributed by atoms with Gasteiger partial charge in [-0.3, -0.25) is 14.9 Å². The van der Waals surface area contributed by atoms with E-state index in [1.165, 1.54) is 48.6 Å². The van der Waals surface area contributed by atoms with Crippen LogP contribution in [0.1, 0.15) is 45.1 Å². The lowest BCUT2D eigenvalue weighted by Gasteiger charge is -2.26. The van der Waals surface area contributed by atoms with Crippen LogP contribution in [-0.2, 0) is 20.7 Å². The van der Waals surface area contributed by atoms with Crippen molar-refractivity contribution in [3.63, 3.8) is 0 Å². The van der Waals surface area contributed by atoms with Crippen molar-refractivity contribution >= 4 is 35.6 Å². The van der Waals surface area contributed by atoms with E-state index in [0.717, 1.165) is 16.0 Å². The predicted octanol–water partition coefficient (Wildman–Crippen LogP) is 4.75. The molecule has 0 aromatic heterocycles. The molecule has 0 radical (unpaired) electrons. The third kappa shape index (κ3) is 5.64.